The molecule has 0 amide bonds. The zero-order valence-electron chi connectivity index (χ0n) is 10.1. The van der Waals surface area contributed by atoms with Crippen molar-refractivity contribution in [3.05, 3.63) is 24.3 Å². The third-order valence-corrected chi connectivity index (χ3v) is 3.48. The van der Waals surface area contributed by atoms with E-state index in [1.54, 1.807) is 7.11 Å². The first-order valence-corrected chi connectivity index (χ1v) is 5.77. The highest BCUT2D eigenvalue weighted by Gasteiger charge is 2.35. The topological polar surface area (TPSA) is 49.8 Å². The average molecular weight is 235 g/mol. The van der Waals surface area contributed by atoms with Crippen LogP contribution in [0.25, 0.3) is 0 Å². The van der Waals surface area contributed by atoms with Gasteiger partial charge in [0.2, 0.25) is 0 Å². The number of carboxylic acids is 1. The van der Waals surface area contributed by atoms with Crippen LogP contribution in [0.3, 0.4) is 0 Å². The van der Waals surface area contributed by atoms with Crippen molar-refractivity contribution in [1.29, 1.82) is 0 Å². The summed E-state index contributed by atoms with van der Waals surface area (Å²) < 4.78 is 5.11. The van der Waals surface area contributed by atoms with Crippen LogP contribution >= 0.6 is 0 Å². The first kappa shape index (κ1) is 11.8. The second-order valence-corrected chi connectivity index (χ2v) is 4.37. The lowest BCUT2D eigenvalue weighted by molar-refractivity contribution is -0.141. The molecule has 2 unspecified atom stereocenters. The molecule has 1 aliphatic heterocycles. The van der Waals surface area contributed by atoms with Gasteiger partial charge in [-0.15, -0.1) is 0 Å². The maximum absolute atomic E-state index is 11.0. The lowest BCUT2D eigenvalue weighted by Gasteiger charge is -2.25. The predicted molar refractivity (Wildman–Crippen MR) is 65.5 cm³/mol. The standard InChI is InChI=1S/C13H17NO3/c1-9-12(13(15)16)7-8-14(9)10-3-5-11(17-2)6-4-10/h3-6,9,12H,7-8H2,1-2H3,(H,15,16). The third kappa shape index (κ3) is 2.20. The molecule has 4 nitrogen and oxygen atoms in total. The van der Waals surface area contributed by atoms with E-state index in [1.165, 1.54) is 0 Å². The summed E-state index contributed by atoms with van der Waals surface area (Å²) in [7, 11) is 1.63. The molecule has 1 aromatic carbocycles. The van der Waals surface area contributed by atoms with E-state index in [2.05, 4.69) is 4.90 Å². The van der Waals surface area contributed by atoms with Gasteiger partial charge >= 0.3 is 5.97 Å². The van der Waals surface area contributed by atoms with Crippen molar-refractivity contribution in [3.63, 3.8) is 0 Å². The van der Waals surface area contributed by atoms with Crippen LogP contribution in [-0.2, 0) is 4.79 Å². The van der Waals surface area contributed by atoms with E-state index in [4.69, 9.17) is 9.84 Å². The number of benzene rings is 1. The van der Waals surface area contributed by atoms with Crippen molar-refractivity contribution in [2.24, 2.45) is 5.92 Å². The van der Waals surface area contributed by atoms with E-state index < -0.39 is 5.97 Å². The van der Waals surface area contributed by atoms with E-state index in [9.17, 15) is 4.79 Å². The lowest BCUT2D eigenvalue weighted by Crippen LogP contribution is -2.32. The quantitative estimate of drug-likeness (QED) is 0.870. The highest BCUT2D eigenvalue weighted by molar-refractivity contribution is 5.73. The van der Waals surface area contributed by atoms with Gasteiger partial charge in [0.1, 0.15) is 5.75 Å². The van der Waals surface area contributed by atoms with Gasteiger partial charge in [0, 0.05) is 18.3 Å². The van der Waals surface area contributed by atoms with Gasteiger partial charge in [-0.3, -0.25) is 4.79 Å². The largest absolute Gasteiger partial charge is 0.497 e. The molecular weight excluding hydrogens is 218 g/mol. The molecule has 17 heavy (non-hydrogen) atoms. The summed E-state index contributed by atoms with van der Waals surface area (Å²) >= 11 is 0. The third-order valence-electron chi connectivity index (χ3n) is 3.48. The van der Waals surface area contributed by atoms with E-state index in [0.717, 1.165) is 18.0 Å². The minimum atomic E-state index is -0.700. The van der Waals surface area contributed by atoms with Crippen molar-refractivity contribution in [2.75, 3.05) is 18.6 Å². The fraction of sp³-hybridized carbons (Fsp3) is 0.462. The molecule has 0 saturated carbocycles. The summed E-state index contributed by atoms with van der Waals surface area (Å²) in [5, 5.41) is 9.08. The lowest BCUT2D eigenvalue weighted by atomic mass is 10.0. The van der Waals surface area contributed by atoms with Crippen molar-refractivity contribution in [2.45, 2.75) is 19.4 Å². The molecule has 1 fully saturated rings. The van der Waals surface area contributed by atoms with Crippen LogP contribution in [0, 0.1) is 5.92 Å². The van der Waals surface area contributed by atoms with Crippen molar-refractivity contribution in [3.8, 4) is 5.75 Å². The van der Waals surface area contributed by atoms with Crippen LogP contribution in [0.4, 0.5) is 5.69 Å². The normalized spacial score (nSPS) is 23.8. The molecule has 2 atom stereocenters. The van der Waals surface area contributed by atoms with E-state index in [1.807, 2.05) is 31.2 Å². The van der Waals surface area contributed by atoms with Crippen LogP contribution in [0.15, 0.2) is 24.3 Å². The predicted octanol–water partition coefficient (Wildman–Crippen LogP) is 1.99. The smallest absolute Gasteiger partial charge is 0.308 e. The number of aliphatic carboxylic acids is 1. The molecule has 0 aliphatic carbocycles. The van der Waals surface area contributed by atoms with Crippen LogP contribution in [-0.4, -0.2) is 30.8 Å². The minimum Gasteiger partial charge on any atom is -0.497 e. The zero-order chi connectivity index (χ0) is 12.4. The second-order valence-electron chi connectivity index (χ2n) is 4.37. The molecule has 1 N–H and O–H groups in total. The molecule has 0 bridgehead atoms. The Morgan fingerprint density at radius 3 is 2.53 bits per heavy atom. The Kier molecular flexibility index (Phi) is 3.22. The Morgan fingerprint density at radius 1 is 1.41 bits per heavy atom. The molecule has 0 radical (unpaired) electrons. The highest BCUT2D eigenvalue weighted by Crippen LogP contribution is 2.30. The number of carbonyl (C=O) groups is 1. The molecule has 1 saturated heterocycles. The van der Waals surface area contributed by atoms with Gasteiger partial charge in [-0.05, 0) is 37.6 Å². The minimum absolute atomic E-state index is 0.0425. The number of rotatable bonds is 3. The number of ether oxygens (including phenoxy) is 1. The van der Waals surface area contributed by atoms with Crippen molar-refractivity contribution in [1.82, 2.24) is 0 Å². The maximum atomic E-state index is 11.0. The van der Waals surface area contributed by atoms with Gasteiger partial charge in [0.25, 0.3) is 0 Å². The van der Waals surface area contributed by atoms with Crippen LogP contribution in [0.1, 0.15) is 13.3 Å². The van der Waals surface area contributed by atoms with Gasteiger partial charge < -0.3 is 14.7 Å². The van der Waals surface area contributed by atoms with Crippen LogP contribution in [0.2, 0.25) is 0 Å². The molecule has 0 spiro atoms. The summed E-state index contributed by atoms with van der Waals surface area (Å²) in [5.74, 6) is -0.152. The van der Waals surface area contributed by atoms with Crippen molar-refractivity contribution < 1.29 is 14.6 Å². The van der Waals surface area contributed by atoms with Gasteiger partial charge in [-0.25, -0.2) is 0 Å². The summed E-state index contributed by atoms with van der Waals surface area (Å²) in [6, 6.07) is 7.78. The van der Waals surface area contributed by atoms with E-state index in [0.29, 0.717) is 6.42 Å². The Bertz CT molecular complexity index is 402. The monoisotopic (exact) mass is 235 g/mol. The van der Waals surface area contributed by atoms with Gasteiger partial charge in [-0.2, -0.15) is 0 Å². The summed E-state index contributed by atoms with van der Waals surface area (Å²) in [6.07, 6.45) is 0.711. The number of nitrogens with zero attached hydrogens (tertiary/aromatic N) is 1. The number of hydrogen-bond acceptors (Lipinski definition) is 3. The first-order valence-electron chi connectivity index (χ1n) is 5.77. The SMILES string of the molecule is COc1ccc(N2CCC(C(=O)O)C2C)cc1. The number of anilines is 1. The zero-order valence-corrected chi connectivity index (χ0v) is 10.1. The molecule has 0 aromatic heterocycles. The molecule has 1 heterocycles. The molecule has 1 aromatic rings. The number of hydrogen-bond donors (Lipinski definition) is 1. The fourth-order valence-electron chi connectivity index (χ4n) is 2.41. The molecule has 4 heteroatoms. The Labute approximate surface area is 101 Å². The summed E-state index contributed by atoms with van der Waals surface area (Å²) in [6.45, 7) is 2.76. The van der Waals surface area contributed by atoms with Crippen LogP contribution in [0.5, 0.6) is 5.75 Å². The number of carboxylic acid groups (broad SMARTS) is 1. The highest BCUT2D eigenvalue weighted by atomic mass is 16.5. The average Bonchev–Trinajstić information content (AvgIpc) is 2.71. The first-order chi connectivity index (χ1) is 8.13. The van der Waals surface area contributed by atoms with Gasteiger partial charge in [0.05, 0.1) is 13.0 Å². The molecule has 2 rings (SSSR count). The second kappa shape index (κ2) is 4.65. The van der Waals surface area contributed by atoms with E-state index in [-0.39, 0.29) is 12.0 Å². The van der Waals surface area contributed by atoms with E-state index >= 15 is 0 Å². The molecular formula is C13H17NO3. The fourth-order valence-corrected chi connectivity index (χ4v) is 2.41. The Hall–Kier alpha value is -1.71. The van der Waals surface area contributed by atoms with Crippen LogP contribution < -0.4 is 9.64 Å². The van der Waals surface area contributed by atoms with Gasteiger partial charge in [0.15, 0.2) is 0 Å². The van der Waals surface area contributed by atoms with Gasteiger partial charge in [-0.1, -0.05) is 0 Å². The maximum Gasteiger partial charge on any atom is 0.308 e. The molecule has 92 valence electrons. The Balaban J connectivity index is 2.15. The van der Waals surface area contributed by atoms with Crippen molar-refractivity contribution >= 4 is 11.7 Å². The summed E-state index contributed by atoms with van der Waals surface area (Å²) in [4.78, 5) is 13.2. The number of methoxy groups -OCH3 is 1. The Morgan fingerprint density at radius 2 is 2.06 bits per heavy atom. The molecule has 1 aliphatic rings. The summed E-state index contributed by atoms with van der Waals surface area (Å²) in [5.41, 5.74) is 1.06.